The molecule has 1 aliphatic heterocycles. The summed E-state index contributed by atoms with van der Waals surface area (Å²) in [5, 5.41) is 0. The third-order valence-electron chi connectivity index (χ3n) is 4.08. The molecule has 1 aliphatic rings. The van der Waals surface area contributed by atoms with Gasteiger partial charge < -0.3 is 19.8 Å². The van der Waals surface area contributed by atoms with Crippen molar-refractivity contribution in [2.75, 3.05) is 6.79 Å². The molecule has 6 nitrogen and oxygen atoms in total. The van der Waals surface area contributed by atoms with Crippen LogP contribution in [-0.2, 0) is 6.54 Å². The predicted octanol–water partition coefficient (Wildman–Crippen LogP) is 2.56. The van der Waals surface area contributed by atoms with E-state index in [9.17, 15) is 0 Å². The van der Waals surface area contributed by atoms with Crippen molar-refractivity contribution >= 4 is 11.0 Å². The summed E-state index contributed by atoms with van der Waals surface area (Å²) in [6.07, 6.45) is 2.66. The smallest absolute Gasteiger partial charge is 0.231 e. The quantitative estimate of drug-likeness (QED) is 0.801. The molecule has 1 unspecified atom stereocenters. The molecule has 0 saturated heterocycles. The van der Waals surface area contributed by atoms with Gasteiger partial charge in [-0.25, -0.2) is 4.98 Å². The van der Waals surface area contributed by atoms with Crippen LogP contribution in [0.3, 0.4) is 0 Å². The second-order valence-corrected chi connectivity index (χ2v) is 5.62. The summed E-state index contributed by atoms with van der Waals surface area (Å²) in [6, 6.07) is 9.75. The van der Waals surface area contributed by atoms with Gasteiger partial charge in [0.05, 0.1) is 11.0 Å². The van der Waals surface area contributed by atoms with Gasteiger partial charge in [0.1, 0.15) is 5.69 Å². The largest absolute Gasteiger partial charge is 0.454 e. The maximum atomic E-state index is 6.19. The molecule has 1 aromatic carbocycles. The molecule has 23 heavy (non-hydrogen) atoms. The summed E-state index contributed by atoms with van der Waals surface area (Å²) in [5.41, 5.74) is 8.86. The Bertz CT molecular complexity index is 845. The number of nitrogens with zero attached hydrogens (tertiary/aromatic N) is 3. The molecule has 4 rings (SSSR count). The zero-order chi connectivity index (χ0) is 15.8. The number of hydrogen-bond donors (Lipinski definition) is 1. The number of pyridine rings is 1. The van der Waals surface area contributed by atoms with E-state index in [1.807, 2.05) is 30.3 Å². The SMILES string of the molecule is CCC(N)Cn1c(-c2ccccn2)nc2cc3c(cc21)OCO3. The molecule has 0 saturated carbocycles. The lowest BCUT2D eigenvalue weighted by molar-refractivity contribution is 0.174. The lowest BCUT2D eigenvalue weighted by Gasteiger charge is -2.13. The van der Waals surface area contributed by atoms with Gasteiger partial charge in [0.15, 0.2) is 17.3 Å². The van der Waals surface area contributed by atoms with Crippen LogP contribution < -0.4 is 15.2 Å². The number of nitrogens with two attached hydrogens (primary N) is 1. The summed E-state index contributed by atoms with van der Waals surface area (Å²) < 4.78 is 13.1. The van der Waals surface area contributed by atoms with Gasteiger partial charge in [-0.2, -0.15) is 0 Å². The number of benzene rings is 1. The fourth-order valence-corrected chi connectivity index (χ4v) is 2.75. The lowest BCUT2D eigenvalue weighted by Crippen LogP contribution is -2.25. The van der Waals surface area contributed by atoms with Gasteiger partial charge in [0.25, 0.3) is 0 Å². The van der Waals surface area contributed by atoms with E-state index in [-0.39, 0.29) is 12.8 Å². The fraction of sp³-hybridized carbons (Fsp3) is 0.294. The van der Waals surface area contributed by atoms with Gasteiger partial charge in [-0.3, -0.25) is 4.98 Å². The third-order valence-corrected chi connectivity index (χ3v) is 4.08. The van der Waals surface area contributed by atoms with Crippen LogP contribution >= 0.6 is 0 Å². The van der Waals surface area contributed by atoms with Crippen LogP contribution in [0.2, 0.25) is 0 Å². The van der Waals surface area contributed by atoms with Gasteiger partial charge >= 0.3 is 0 Å². The van der Waals surface area contributed by atoms with Crippen LogP contribution in [0.25, 0.3) is 22.6 Å². The maximum Gasteiger partial charge on any atom is 0.231 e. The van der Waals surface area contributed by atoms with Crippen molar-refractivity contribution in [3.63, 3.8) is 0 Å². The van der Waals surface area contributed by atoms with Crippen LogP contribution in [0, 0.1) is 0 Å². The number of aromatic nitrogens is 3. The molecule has 2 aromatic heterocycles. The van der Waals surface area contributed by atoms with E-state index in [0.717, 1.165) is 40.5 Å². The molecule has 0 bridgehead atoms. The van der Waals surface area contributed by atoms with Crippen LogP contribution in [-0.4, -0.2) is 27.4 Å². The molecule has 3 heterocycles. The molecule has 6 heteroatoms. The van der Waals surface area contributed by atoms with Crippen LogP contribution in [0.5, 0.6) is 11.5 Å². The Balaban J connectivity index is 1.92. The number of ether oxygens (including phenoxy) is 2. The Kier molecular flexibility index (Phi) is 3.38. The summed E-state index contributed by atoms with van der Waals surface area (Å²) in [6.45, 7) is 3.01. The minimum atomic E-state index is 0.0558. The zero-order valence-electron chi connectivity index (χ0n) is 12.9. The number of hydrogen-bond acceptors (Lipinski definition) is 5. The summed E-state index contributed by atoms with van der Waals surface area (Å²) in [5.74, 6) is 2.29. The van der Waals surface area contributed by atoms with Gasteiger partial charge in [-0.15, -0.1) is 0 Å². The molecular weight excluding hydrogens is 292 g/mol. The van der Waals surface area contributed by atoms with E-state index in [2.05, 4.69) is 16.5 Å². The highest BCUT2D eigenvalue weighted by Crippen LogP contribution is 2.37. The van der Waals surface area contributed by atoms with Crippen LogP contribution in [0.15, 0.2) is 36.5 Å². The highest BCUT2D eigenvalue weighted by molar-refractivity contribution is 5.84. The van der Waals surface area contributed by atoms with Crippen molar-refractivity contribution in [3.05, 3.63) is 36.5 Å². The minimum absolute atomic E-state index is 0.0558. The molecule has 0 amide bonds. The van der Waals surface area contributed by atoms with Crippen molar-refractivity contribution in [3.8, 4) is 23.0 Å². The molecule has 1 atom stereocenters. The highest BCUT2D eigenvalue weighted by Gasteiger charge is 2.21. The van der Waals surface area contributed by atoms with Gasteiger partial charge in [0, 0.05) is 30.9 Å². The van der Waals surface area contributed by atoms with E-state index in [0.29, 0.717) is 6.54 Å². The number of fused-ring (bicyclic) bond motifs is 2. The van der Waals surface area contributed by atoms with E-state index in [1.54, 1.807) is 6.20 Å². The monoisotopic (exact) mass is 310 g/mol. The molecule has 0 fully saturated rings. The molecule has 0 radical (unpaired) electrons. The Hall–Kier alpha value is -2.60. The maximum absolute atomic E-state index is 6.19. The first kappa shape index (κ1) is 14.0. The predicted molar refractivity (Wildman–Crippen MR) is 87.4 cm³/mol. The second kappa shape index (κ2) is 5.55. The van der Waals surface area contributed by atoms with Crippen molar-refractivity contribution in [2.45, 2.75) is 25.9 Å². The summed E-state index contributed by atoms with van der Waals surface area (Å²) >= 11 is 0. The highest BCUT2D eigenvalue weighted by atomic mass is 16.7. The van der Waals surface area contributed by atoms with Crippen molar-refractivity contribution in [1.29, 1.82) is 0 Å². The number of rotatable bonds is 4. The number of imidazole rings is 1. The molecule has 0 spiro atoms. The third kappa shape index (κ3) is 2.41. The molecular formula is C17H18N4O2. The van der Waals surface area contributed by atoms with Crippen LogP contribution in [0.1, 0.15) is 13.3 Å². The minimum Gasteiger partial charge on any atom is -0.454 e. The van der Waals surface area contributed by atoms with E-state index in [1.165, 1.54) is 0 Å². The zero-order valence-corrected chi connectivity index (χ0v) is 12.9. The molecule has 2 N–H and O–H groups in total. The first-order valence-electron chi connectivity index (χ1n) is 7.73. The Labute approximate surface area is 133 Å². The molecule has 118 valence electrons. The summed E-state index contributed by atoms with van der Waals surface area (Å²) in [7, 11) is 0. The van der Waals surface area contributed by atoms with E-state index >= 15 is 0 Å². The van der Waals surface area contributed by atoms with Crippen molar-refractivity contribution in [2.24, 2.45) is 5.73 Å². The van der Waals surface area contributed by atoms with Gasteiger partial charge in [-0.1, -0.05) is 13.0 Å². The average Bonchev–Trinajstić information content (AvgIpc) is 3.18. The summed E-state index contributed by atoms with van der Waals surface area (Å²) in [4.78, 5) is 9.19. The van der Waals surface area contributed by atoms with Crippen molar-refractivity contribution in [1.82, 2.24) is 14.5 Å². The Morgan fingerprint density at radius 3 is 2.83 bits per heavy atom. The second-order valence-electron chi connectivity index (χ2n) is 5.62. The van der Waals surface area contributed by atoms with Gasteiger partial charge in [-0.05, 0) is 18.6 Å². The normalized spacial score (nSPS) is 14.3. The molecule has 3 aromatic rings. The standard InChI is InChI=1S/C17H18N4O2/c1-2-11(18)9-21-14-8-16-15(22-10-23-16)7-13(14)20-17(21)12-5-3-4-6-19-12/h3-8,11H,2,9-10,18H2,1H3. The molecule has 0 aliphatic carbocycles. The Morgan fingerprint density at radius 2 is 2.09 bits per heavy atom. The van der Waals surface area contributed by atoms with Gasteiger partial charge in [0.2, 0.25) is 6.79 Å². The average molecular weight is 310 g/mol. The topological polar surface area (TPSA) is 75.2 Å². The van der Waals surface area contributed by atoms with Crippen molar-refractivity contribution < 1.29 is 9.47 Å². The van der Waals surface area contributed by atoms with E-state index in [4.69, 9.17) is 20.2 Å². The lowest BCUT2D eigenvalue weighted by atomic mass is 10.2. The van der Waals surface area contributed by atoms with Crippen LogP contribution in [0.4, 0.5) is 0 Å². The van der Waals surface area contributed by atoms with E-state index < -0.39 is 0 Å². The first-order valence-corrected chi connectivity index (χ1v) is 7.73. The fourth-order valence-electron chi connectivity index (χ4n) is 2.75. The first-order chi connectivity index (χ1) is 11.3. The Morgan fingerprint density at radius 1 is 1.26 bits per heavy atom.